The second kappa shape index (κ2) is 8.85. The lowest BCUT2D eigenvalue weighted by atomic mass is 10.1. The average molecular weight is 392 g/mol. The quantitative estimate of drug-likeness (QED) is 0.558. The van der Waals surface area contributed by atoms with Crippen LogP contribution in [0.15, 0.2) is 61.3 Å². The minimum atomic E-state index is -0.917. The van der Waals surface area contributed by atoms with Crippen molar-refractivity contribution in [1.82, 2.24) is 10.3 Å². The number of anilines is 1. The molecule has 0 aliphatic carbocycles. The highest BCUT2D eigenvalue weighted by Gasteiger charge is 2.10. The Balaban J connectivity index is 1.75. The van der Waals surface area contributed by atoms with Crippen molar-refractivity contribution in [2.24, 2.45) is 0 Å². The molecule has 2 aromatic carbocycles. The maximum Gasteiger partial charge on any atom is 0.159 e. The molecular formula is C22H18F2N4O. The highest BCUT2D eigenvalue weighted by atomic mass is 19.2. The zero-order valence-corrected chi connectivity index (χ0v) is 15.4. The summed E-state index contributed by atoms with van der Waals surface area (Å²) >= 11 is 0. The molecule has 0 aliphatic heterocycles. The van der Waals surface area contributed by atoms with E-state index in [9.17, 15) is 19.1 Å². The lowest BCUT2D eigenvalue weighted by molar-refractivity contribution is 0.475. The molecule has 0 saturated heterocycles. The maximum atomic E-state index is 13.4. The fourth-order valence-electron chi connectivity index (χ4n) is 2.65. The van der Waals surface area contributed by atoms with E-state index in [4.69, 9.17) is 0 Å². The maximum absolute atomic E-state index is 13.4. The molecule has 5 nitrogen and oxygen atoms in total. The van der Waals surface area contributed by atoms with Crippen molar-refractivity contribution in [1.29, 1.82) is 5.26 Å². The van der Waals surface area contributed by atoms with Crippen LogP contribution in [0.2, 0.25) is 0 Å². The number of hydrogen-bond donors (Lipinski definition) is 3. The van der Waals surface area contributed by atoms with Crippen LogP contribution in [0.25, 0.3) is 5.70 Å². The number of phenols is 1. The van der Waals surface area contributed by atoms with E-state index < -0.39 is 11.6 Å². The molecule has 3 N–H and O–H groups in total. The van der Waals surface area contributed by atoms with Gasteiger partial charge in [-0.2, -0.15) is 5.26 Å². The molecule has 0 bridgehead atoms. The second-order valence-electron chi connectivity index (χ2n) is 6.33. The molecular weight excluding hydrogens is 374 g/mol. The highest BCUT2D eigenvalue weighted by Crippen LogP contribution is 2.22. The number of halogens is 2. The number of nitriles is 1. The summed E-state index contributed by atoms with van der Waals surface area (Å²) in [5, 5.41) is 24.8. The minimum Gasteiger partial charge on any atom is -0.508 e. The first kappa shape index (κ1) is 19.8. The Kier molecular flexibility index (Phi) is 6.05. The van der Waals surface area contributed by atoms with E-state index in [0.29, 0.717) is 34.8 Å². The van der Waals surface area contributed by atoms with E-state index in [-0.39, 0.29) is 12.3 Å². The highest BCUT2D eigenvalue weighted by molar-refractivity contribution is 5.72. The number of pyridine rings is 1. The van der Waals surface area contributed by atoms with Crippen LogP contribution in [0.5, 0.6) is 5.75 Å². The summed E-state index contributed by atoms with van der Waals surface area (Å²) in [4.78, 5) is 4.29. The van der Waals surface area contributed by atoms with E-state index in [1.54, 1.807) is 30.3 Å². The summed E-state index contributed by atoms with van der Waals surface area (Å²) < 4.78 is 26.5. The van der Waals surface area contributed by atoms with Crippen LogP contribution < -0.4 is 10.6 Å². The second-order valence-corrected chi connectivity index (χ2v) is 6.33. The van der Waals surface area contributed by atoms with Gasteiger partial charge in [-0.25, -0.2) is 13.8 Å². The number of rotatable bonds is 7. The molecule has 146 valence electrons. The molecule has 0 spiro atoms. The summed E-state index contributed by atoms with van der Waals surface area (Å²) in [7, 11) is 0. The van der Waals surface area contributed by atoms with Crippen LogP contribution >= 0.6 is 0 Å². The van der Waals surface area contributed by atoms with Crippen LogP contribution in [0, 0.1) is 23.0 Å². The monoisotopic (exact) mass is 392 g/mol. The van der Waals surface area contributed by atoms with Crippen molar-refractivity contribution in [2.75, 3.05) is 5.32 Å². The van der Waals surface area contributed by atoms with E-state index in [2.05, 4.69) is 22.2 Å². The third kappa shape index (κ3) is 5.08. The Morgan fingerprint density at radius 3 is 2.45 bits per heavy atom. The fraction of sp³-hybridized carbons (Fsp3) is 0.0909. The van der Waals surface area contributed by atoms with Crippen LogP contribution in [-0.2, 0) is 13.1 Å². The standard InChI is InChI=1S/C22H18F2N4O/c1-14(26-12-16-4-7-20(23)21(24)9-16)19-8-17(10-25)13-28-22(19)27-11-15-2-5-18(29)6-3-15/h2-9,13,26,29H,1,11-12H2,(H,27,28). The van der Waals surface area contributed by atoms with E-state index >= 15 is 0 Å². The van der Waals surface area contributed by atoms with Crippen molar-refractivity contribution in [2.45, 2.75) is 13.1 Å². The van der Waals surface area contributed by atoms with Gasteiger partial charge in [-0.15, -0.1) is 0 Å². The number of nitrogens with zero attached hydrogens (tertiary/aromatic N) is 2. The number of hydrogen-bond acceptors (Lipinski definition) is 5. The first-order valence-electron chi connectivity index (χ1n) is 8.75. The van der Waals surface area contributed by atoms with Gasteiger partial charge in [-0.1, -0.05) is 24.8 Å². The Morgan fingerprint density at radius 2 is 1.76 bits per heavy atom. The SMILES string of the molecule is C=C(NCc1ccc(F)c(F)c1)c1cc(C#N)cnc1NCc1ccc(O)cc1. The van der Waals surface area contributed by atoms with Crippen molar-refractivity contribution in [3.63, 3.8) is 0 Å². The third-order valence-corrected chi connectivity index (χ3v) is 4.23. The van der Waals surface area contributed by atoms with Gasteiger partial charge in [0.15, 0.2) is 11.6 Å². The molecule has 0 atom stereocenters. The lowest BCUT2D eigenvalue weighted by Crippen LogP contribution is -2.14. The summed E-state index contributed by atoms with van der Waals surface area (Å²) in [6.07, 6.45) is 1.45. The number of nitrogens with one attached hydrogen (secondary N) is 2. The average Bonchev–Trinajstić information content (AvgIpc) is 2.74. The van der Waals surface area contributed by atoms with Crippen LogP contribution in [-0.4, -0.2) is 10.1 Å². The molecule has 0 amide bonds. The molecule has 1 aromatic heterocycles. The van der Waals surface area contributed by atoms with Crippen molar-refractivity contribution in [3.05, 3.63) is 95.2 Å². The molecule has 7 heteroatoms. The number of aromatic hydroxyl groups is 1. The van der Waals surface area contributed by atoms with Crippen LogP contribution in [0.1, 0.15) is 22.3 Å². The summed E-state index contributed by atoms with van der Waals surface area (Å²) in [5.41, 5.74) is 2.91. The van der Waals surface area contributed by atoms with E-state index in [1.165, 1.54) is 12.3 Å². The number of phenolic OH excluding ortho intramolecular Hbond substituents is 1. The summed E-state index contributed by atoms with van der Waals surface area (Å²) in [5.74, 6) is -1.13. The normalized spacial score (nSPS) is 10.2. The van der Waals surface area contributed by atoms with Crippen molar-refractivity contribution in [3.8, 4) is 11.8 Å². The number of aromatic nitrogens is 1. The first-order chi connectivity index (χ1) is 14.0. The Bertz CT molecular complexity index is 1080. The lowest BCUT2D eigenvalue weighted by Gasteiger charge is -2.15. The molecule has 3 aromatic rings. The van der Waals surface area contributed by atoms with Gasteiger partial charge in [-0.3, -0.25) is 0 Å². The molecule has 0 saturated carbocycles. The van der Waals surface area contributed by atoms with Gasteiger partial charge in [-0.05, 0) is 41.5 Å². The summed E-state index contributed by atoms with van der Waals surface area (Å²) in [6.45, 7) is 4.65. The molecule has 0 unspecified atom stereocenters. The topological polar surface area (TPSA) is 81.0 Å². The Labute approximate surface area is 167 Å². The number of benzene rings is 2. The third-order valence-electron chi connectivity index (χ3n) is 4.23. The minimum absolute atomic E-state index is 0.181. The van der Waals surface area contributed by atoms with Crippen molar-refractivity contribution >= 4 is 11.5 Å². The smallest absolute Gasteiger partial charge is 0.159 e. The van der Waals surface area contributed by atoms with Gasteiger partial charge in [0.25, 0.3) is 0 Å². The predicted octanol–water partition coefficient (Wildman–Crippen LogP) is 4.31. The van der Waals surface area contributed by atoms with E-state index in [0.717, 1.165) is 17.7 Å². The Hall–Kier alpha value is -3.92. The van der Waals surface area contributed by atoms with Crippen LogP contribution in [0.4, 0.5) is 14.6 Å². The van der Waals surface area contributed by atoms with Gasteiger partial charge in [0.05, 0.1) is 5.56 Å². The predicted molar refractivity (Wildman–Crippen MR) is 107 cm³/mol. The van der Waals surface area contributed by atoms with Gasteiger partial charge in [0.2, 0.25) is 0 Å². The van der Waals surface area contributed by atoms with Gasteiger partial charge >= 0.3 is 0 Å². The van der Waals surface area contributed by atoms with Crippen LogP contribution in [0.3, 0.4) is 0 Å². The zero-order valence-electron chi connectivity index (χ0n) is 15.4. The molecule has 29 heavy (non-hydrogen) atoms. The molecule has 0 aliphatic rings. The molecule has 0 radical (unpaired) electrons. The van der Waals surface area contributed by atoms with Gasteiger partial charge in [0, 0.05) is 30.5 Å². The molecule has 1 heterocycles. The fourth-order valence-corrected chi connectivity index (χ4v) is 2.65. The van der Waals surface area contributed by atoms with Gasteiger partial charge in [0.1, 0.15) is 17.6 Å². The Morgan fingerprint density at radius 1 is 1.03 bits per heavy atom. The molecule has 0 fully saturated rings. The van der Waals surface area contributed by atoms with Crippen molar-refractivity contribution < 1.29 is 13.9 Å². The largest absolute Gasteiger partial charge is 0.508 e. The molecule has 3 rings (SSSR count). The zero-order chi connectivity index (χ0) is 20.8. The van der Waals surface area contributed by atoms with E-state index in [1.807, 2.05) is 6.07 Å². The first-order valence-corrected chi connectivity index (χ1v) is 8.75. The summed E-state index contributed by atoms with van der Waals surface area (Å²) in [6, 6.07) is 14.1. The van der Waals surface area contributed by atoms with Gasteiger partial charge < -0.3 is 15.7 Å².